The highest BCUT2D eigenvalue weighted by atomic mass is 35.5. The van der Waals surface area contributed by atoms with Crippen molar-refractivity contribution in [2.75, 3.05) is 10.6 Å². The molecule has 3 rings (SSSR count). The number of thioether (sulfide) groups is 1. The first-order valence-corrected chi connectivity index (χ1v) is 9.16. The number of nitrogens with one attached hydrogen (secondary N) is 2. The summed E-state index contributed by atoms with van der Waals surface area (Å²) in [6.45, 7) is 0. The molecule has 0 aliphatic carbocycles. The smallest absolute Gasteiger partial charge is 0.308 e. The molecular weight excluding hydrogens is 352 g/mol. The van der Waals surface area contributed by atoms with Crippen molar-refractivity contribution >= 4 is 40.8 Å². The van der Waals surface area contributed by atoms with Gasteiger partial charge in [-0.1, -0.05) is 41.9 Å². The number of carbonyl (C=O) groups excluding carboxylic acids is 1. The van der Waals surface area contributed by atoms with Gasteiger partial charge in [-0.25, -0.2) is 4.79 Å². The van der Waals surface area contributed by atoms with E-state index in [4.69, 9.17) is 11.6 Å². The van der Waals surface area contributed by atoms with Crippen LogP contribution in [0.5, 0.6) is 0 Å². The van der Waals surface area contributed by atoms with Crippen LogP contribution >= 0.6 is 23.4 Å². The summed E-state index contributed by atoms with van der Waals surface area (Å²) in [4.78, 5) is 13.2. The monoisotopic (exact) mass is 368 g/mol. The maximum Gasteiger partial charge on any atom is 0.323 e. The van der Waals surface area contributed by atoms with Crippen molar-refractivity contribution in [3.05, 3.63) is 89.4 Å². The first-order valence-electron chi connectivity index (χ1n) is 7.79. The number of rotatable bonds is 5. The molecule has 0 aliphatic heterocycles. The Bertz CT molecular complexity index is 821. The van der Waals surface area contributed by atoms with Crippen LogP contribution in [0.25, 0.3) is 0 Å². The molecule has 0 atom stereocenters. The van der Waals surface area contributed by atoms with Crippen molar-refractivity contribution in [2.45, 2.75) is 10.6 Å². The lowest BCUT2D eigenvalue weighted by Crippen LogP contribution is -2.19. The van der Waals surface area contributed by atoms with Crippen LogP contribution in [0.15, 0.2) is 83.8 Å². The van der Waals surface area contributed by atoms with Gasteiger partial charge in [0.15, 0.2) is 0 Å². The zero-order chi connectivity index (χ0) is 17.5. The van der Waals surface area contributed by atoms with Crippen molar-refractivity contribution in [3.8, 4) is 0 Å². The van der Waals surface area contributed by atoms with Gasteiger partial charge in [-0.15, -0.1) is 11.8 Å². The third kappa shape index (κ3) is 5.55. The van der Waals surface area contributed by atoms with Crippen molar-refractivity contribution in [2.24, 2.45) is 0 Å². The van der Waals surface area contributed by atoms with Crippen LogP contribution in [0, 0.1) is 0 Å². The van der Waals surface area contributed by atoms with Gasteiger partial charge in [0, 0.05) is 27.0 Å². The average Bonchev–Trinajstić information content (AvgIpc) is 2.64. The molecule has 0 radical (unpaired) electrons. The van der Waals surface area contributed by atoms with Crippen LogP contribution in [0.1, 0.15) is 5.56 Å². The zero-order valence-corrected chi connectivity index (χ0v) is 15.0. The minimum absolute atomic E-state index is 0.284. The molecule has 0 aliphatic rings. The molecule has 0 saturated carbocycles. The molecular formula is C20H17ClN2OS. The van der Waals surface area contributed by atoms with Crippen LogP contribution in [0.3, 0.4) is 0 Å². The average molecular weight is 369 g/mol. The number of halogens is 1. The summed E-state index contributed by atoms with van der Waals surface area (Å²) in [5.41, 5.74) is 2.65. The number of carbonyl (C=O) groups is 1. The predicted molar refractivity (Wildman–Crippen MR) is 107 cm³/mol. The molecule has 0 heterocycles. The minimum Gasteiger partial charge on any atom is -0.308 e. The van der Waals surface area contributed by atoms with Crippen molar-refractivity contribution in [3.63, 3.8) is 0 Å². The molecule has 0 unspecified atom stereocenters. The molecule has 5 heteroatoms. The molecule has 0 spiro atoms. The first-order chi connectivity index (χ1) is 12.2. The number of hydrogen-bond acceptors (Lipinski definition) is 2. The Morgan fingerprint density at radius 1 is 0.800 bits per heavy atom. The van der Waals surface area contributed by atoms with Crippen molar-refractivity contribution in [1.29, 1.82) is 0 Å². The number of anilines is 2. The third-order valence-corrected chi connectivity index (χ3v) is 4.80. The van der Waals surface area contributed by atoms with Gasteiger partial charge in [0.25, 0.3) is 0 Å². The number of benzene rings is 3. The number of amides is 2. The van der Waals surface area contributed by atoms with E-state index in [0.29, 0.717) is 10.7 Å². The van der Waals surface area contributed by atoms with Gasteiger partial charge in [0.05, 0.1) is 0 Å². The highest BCUT2D eigenvalue weighted by Gasteiger charge is 2.03. The van der Waals surface area contributed by atoms with Crippen LogP contribution in [-0.2, 0) is 5.75 Å². The van der Waals surface area contributed by atoms with Crippen LogP contribution in [-0.4, -0.2) is 6.03 Å². The van der Waals surface area contributed by atoms with E-state index in [2.05, 4.69) is 22.8 Å². The normalized spacial score (nSPS) is 10.3. The Balaban J connectivity index is 1.51. The molecule has 0 saturated heterocycles. The van der Waals surface area contributed by atoms with Crippen LogP contribution in [0.2, 0.25) is 5.02 Å². The lowest BCUT2D eigenvalue weighted by molar-refractivity contribution is 0.262. The Morgan fingerprint density at radius 3 is 1.96 bits per heavy atom. The quantitative estimate of drug-likeness (QED) is 0.520. The van der Waals surface area contributed by atoms with Crippen LogP contribution < -0.4 is 10.6 Å². The van der Waals surface area contributed by atoms with Gasteiger partial charge < -0.3 is 10.6 Å². The van der Waals surface area contributed by atoms with E-state index in [-0.39, 0.29) is 6.03 Å². The van der Waals surface area contributed by atoms with E-state index >= 15 is 0 Å². The van der Waals surface area contributed by atoms with Gasteiger partial charge in [-0.2, -0.15) is 0 Å². The van der Waals surface area contributed by atoms with E-state index in [1.54, 1.807) is 36.0 Å². The summed E-state index contributed by atoms with van der Waals surface area (Å²) in [5, 5.41) is 6.22. The maximum absolute atomic E-state index is 12.0. The fourth-order valence-corrected chi connectivity index (χ4v) is 3.20. The van der Waals surface area contributed by atoms with E-state index in [0.717, 1.165) is 11.4 Å². The van der Waals surface area contributed by atoms with Gasteiger partial charge in [-0.3, -0.25) is 0 Å². The summed E-state index contributed by atoms with van der Waals surface area (Å²) in [6, 6.07) is 24.8. The summed E-state index contributed by atoms with van der Waals surface area (Å²) in [7, 11) is 0. The van der Waals surface area contributed by atoms with Gasteiger partial charge in [0.1, 0.15) is 0 Å². The van der Waals surface area contributed by atoms with Gasteiger partial charge >= 0.3 is 6.03 Å². The summed E-state index contributed by atoms with van der Waals surface area (Å²) < 4.78 is 0. The van der Waals surface area contributed by atoms with E-state index in [9.17, 15) is 4.79 Å². The largest absolute Gasteiger partial charge is 0.323 e. The van der Waals surface area contributed by atoms with E-state index in [1.165, 1.54) is 10.5 Å². The number of hydrogen-bond donors (Lipinski definition) is 2. The van der Waals surface area contributed by atoms with Crippen LogP contribution in [0.4, 0.5) is 16.2 Å². The van der Waals surface area contributed by atoms with E-state index < -0.39 is 0 Å². The SMILES string of the molecule is O=C(Nc1ccc(Cl)cc1)Nc1ccc(CSc2ccccc2)cc1. The molecule has 126 valence electrons. The third-order valence-electron chi connectivity index (χ3n) is 3.46. The highest BCUT2D eigenvalue weighted by Crippen LogP contribution is 2.23. The second kappa shape index (κ2) is 8.60. The second-order valence-electron chi connectivity index (χ2n) is 5.38. The first kappa shape index (κ1) is 17.4. The van der Waals surface area contributed by atoms with Gasteiger partial charge in [-0.05, 0) is 54.1 Å². The molecule has 3 aromatic carbocycles. The molecule has 2 amide bonds. The molecule has 0 fully saturated rings. The fourth-order valence-electron chi connectivity index (χ4n) is 2.19. The molecule has 0 aromatic heterocycles. The highest BCUT2D eigenvalue weighted by molar-refractivity contribution is 7.98. The molecule has 2 N–H and O–H groups in total. The van der Waals surface area contributed by atoms with Crippen molar-refractivity contribution in [1.82, 2.24) is 0 Å². The Labute approximate surface area is 156 Å². The molecule has 25 heavy (non-hydrogen) atoms. The Kier molecular flexibility index (Phi) is 5.99. The summed E-state index contributed by atoms with van der Waals surface area (Å²) >= 11 is 7.61. The molecule has 3 nitrogen and oxygen atoms in total. The maximum atomic E-state index is 12.0. The number of urea groups is 1. The van der Waals surface area contributed by atoms with E-state index in [1.807, 2.05) is 42.5 Å². The fraction of sp³-hybridized carbons (Fsp3) is 0.0500. The van der Waals surface area contributed by atoms with Gasteiger partial charge in [0.2, 0.25) is 0 Å². The lowest BCUT2D eigenvalue weighted by Gasteiger charge is -2.08. The Morgan fingerprint density at radius 2 is 1.36 bits per heavy atom. The topological polar surface area (TPSA) is 41.1 Å². The predicted octanol–water partition coefficient (Wildman–Crippen LogP) is 6.28. The zero-order valence-electron chi connectivity index (χ0n) is 13.4. The second-order valence-corrected chi connectivity index (χ2v) is 6.87. The summed E-state index contributed by atoms with van der Waals surface area (Å²) in [5.74, 6) is 0.890. The Hall–Kier alpha value is -2.43. The molecule has 3 aromatic rings. The minimum atomic E-state index is -0.284. The standard InChI is InChI=1S/C20H17ClN2OS/c21-16-8-12-18(13-9-16)23-20(24)22-17-10-6-15(7-11-17)14-25-19-4-2-1-3-5-19/h1-13H,14H2,(H2,22,23,24). The van der Waals surface area contributed by atoms with Crippen molar-refractivity contribution < 1.29 is 4.79 Å². The molecule has 0 bridgehead atoms. The lowest BCUT2D eigenvalue weighted by atomic mass is 10.2. The summed E-state index contributed by atoms with van der Waals surface area (Å²) in [6.07, 6.45) is 0.